The lowest BCUT2D eigenvalue weighted by Crippen LogP contribution is -2.18. The highest BCUT2D eigenvalue weighted by atomic mass is 35.5. The lowest BCUT2D eigenvalue weighted by atomic mass is 10.5. The van der Waals surface area contributed by atoms with Gasteiger partial charge < -0.3 is 10.5 Å². The van der Waals surface area contributed by atoms with Crippen molar-refractivity contribution < 1.29 is 9.53 Å². The maximum Gasteiger partial charge on any atom is 0.254 e. The van der Waals surface area contributed by atoms with Gasteiger partial charge in [0.05, 0.1) is 5.88 Å². The Morgan fingerprint density at radius 1 is 1.78 bits per heavy atom. The van der Waals surface area contributed by atoms with Crippen molar-refractivity contribution in [3.05, 3.63) is 0 Å². The van der Waals surface area contributed by atoms with Gasteiger partial charge in [-0.15, -0.1) is 11.6 Å². The third-order valence-electron chi connectivity index (χ3n) is 0.524. The van der Waals surface area contributed by atoms with Crippen LogP contribution >= 0.6 is 23.8 Å². The van der Waals surface area contributed by atoms with Gasteiger partial charge in [-0.3, -0.25) is 4.79 Å². The number of ketones is 1. The van der Waals surface area contributed by atoms with E-state index in [0.29, 0.717) is 0 Å². The molecule has 0 aliphatic rings. The van der Waals surface area contributed by atoms with E-state index in [9.17, 15) is 4.79 Å². The van der Waals surface area contributed by atoms with E-state index < -0.39 is 0 Å². The summed E-state index contributed by atoms with van der Waals surface area (Å²) in [6, 6.07) is 0. The van der Waals surface area contributed by atoms with Crippen LogP contribution in [0, 0.1) is 0 Å². The molecule has 0 saturated carbocycles. The Morgan fingerprint density at radius 2 is 2.33 bits per heavy atom. The molecule has 0 aromatic heterocycles. The zero-order valence-electron chi connectivity index (χ0n) is 4.59. The van der Waals surface area contributed by atoms with Gasteiger partial charge in [-0.2, -0.15) is 0 Å². The van der Waals surface area contributed by atoms with Crippen molar-refractivity contribution in [1.29, 1.82) is 0 Å². The molecule has 0 spiro atoms. The Labute approximate surface area is 63.1 Å². The first kappa shape index (κ1) is 8.65. The molecule has 9 heavy (non-hydrogen) atoms. The van der Waals surface area contributed by atoms with E-state index in [4.69, 9.17) is 17.3 Å². The molecule has 0 amide bonds. The van der Waals surface area contributed by atoms with E-state index in [1.54, 1.807) is 0 Å². The third kappa shape index (κ3) is 5.52. The first-order valence-corrected chi connectivity index (χ1v) is 3.11. The second kappa shape index (κ2) is 4.52. The maximum absolute atomic E-state index is 10.3. The average molecular weight is 168 g/mol. The minimum Gasteiger partial charge on any atom is -0.463 e. The number of rotatable bonds is 3. The predicted molar refractivity (Wildman–Crippen MR) is 38.5 cm³/mol. The van der Waals surface area contributed by atoms with E-state index in [-0.39, 0.29) is 23.4 Å². The molecule has 0 bridgehead atoms. The molecule has 2 N–H and O–H groups in total. The Kier molecular flexibility index (Phi) is 4.35. The summed E-state index contributed by atoms with van der Waals surface area (Å²) in [5.41, 5.74) is 4.91. The van der Waals surface area contributed by atoms with Gasteiger partial charge in [0.1, 0.15) is 0 Å². The summed E-state index contributed by atoms with van der Waals surface area (Å²) in [5, 5.41) is -0.131. The fraction of sp³-hybridized carbons (Fsp3) is 0.500. The van der Waals surface area contributed by atoms with E-state index in [1.165, 1.54) is 0 Å². The van der Waals surface area contributed by atoms with Crippen LogP contribution in [0.15, 0.2) is 0 Å². The zero-order valence-corrected chi connectivity index (χ0v) is 6.17. The number of nitrogens with two attached hydrogens (primary N) is 1. The van der Waals surface area contributed by atoms with Gasteiger partial charge in [0.2, 0.25) is 0 Å². The molecular formula is C4H6ClNO2S. The van der Waals surface area contributed by atoms with Gasteiger partial charge in [-0.25, -0.2) is 0 Å². The van der Waals surface area contributed by atoms with Crippen molar-refractivity contribution in [3.63, 3.8) is 0 Å². The normalized spacial score (nSPS) is 8.56. The number of alkyl halides is 1. The molecule has 0 rings (SSSR count). The Bertz CT molecular complexity index is 128. The maximum atomic E-state index is 10.3. The van der Waals surface area contributed by atoms with Crippen LogP contribution in [0.4, 0.5) is 0 Å². The highest BCUT2D eigenvalue weighted by Gasteiger charge is 1.98. The molecule has 0 aromatic carbocycles. The lowest BCUT2D eigenvalue weighted by molar-refractivity contribution is -0.118. The summed E-state index contributed by atoms with van der Waals surface area (Å²) in [5.74, 6) is -0.299. The van der Waals surface area contributed by atoms with Crippen molar-refractivity contribution >= 4 is 34.8 Å². The average Bonchev–Trinajstić information content (AvgIpc) is 1.83. The molecule has 0 aliphatic heterocycles. The summed E-state index contributed by atoms with van der Waals surface area (Å²) in [6.07, 6.45) is 0. The predicted octanol–water partition coefficient (Wildman–Crippen LogP) is 0.0545. The molecule has 0 radical (unpaired) electrons. The largest absolute Gasteiger partial charge is 0.463 e. The molecule has 0 unspecified atom stereocenters. The van der Waals surface area contributed by atoms with Crippen molar-refractivity contribution in [3.8, 4) is 0 Å². The summed E-state index contributed by atoms with van der Waals surface area (Å²) in [6.45, 7) is -0.126. The fourth-order valence-corrected chi connectivity index (χ4v) is 0.326. The van der Waals surface area contributed by atoms with Crippen molar-refractivity contribution in [2.24, 2.45) is 5.73 Å². The van der Waals surface area contributed by atoms with E-state index in [0.717, 1.165) is 0 Å². The molecular weight excluding hydrogens is 162 g/mol. The minimum atomic E-state index is -0.232. The number of carbonyl (C=O) groups is 1. The van der Waals surface area contributed by atoms with E-state index in [1.807, 2.05) is 0 Å². The van der Waals surface area contributed by atoms with Crippen molar-refractivity contribution in [2.75, 3.05) is 12.5 Å². The highest BCUT2D eigenvalue weighted by Crippen LogP contribution is 1.81. The van der Waals surface area contributed by atoms with E-state index >= 15 is 0 Å². The second-order valence-electron chi connectivity index (χ2n) is 1.28. The molecule has 0 aromatic rings. The molecule has 0 heterocycles. The quantitative estimate of drug-likeness (QED) is 0.477. The molecule has 0 atom stereocenters. The Morgan fingerprint density at radius 3 is 2.67 bits per heavy atom. The van der Waals surface area contributed by atoms with Gasteiger partial charge in [0.15, 0.2) is 12.4 Å². The minimum absolute atomic E-state index is 0.0669. The molecule has 0 saturated heterocycles. The Hall–Kier alpha value is -0.350. The number of halogens is 1. The summed E-state index contributed by atoms with van der Waals surface area (Å²) in [7, 11) is 0. The van der Waals surface area contributed by atoms with Crippen LogP contribution in [-0.2, 0) is 9.53 Å². The molecule has 52 valence electrons. The molecule has 5 heteroatoms. The summed E-state index contributed by atoms with van der Waals surface area (Å²) >= 11 is 9.44. The molecule has 3 nitrogen and oxygen atoms in total. The van der Waals surface area contributed by atoms with Gasteiger partial charge in [0, 0.05) is 0 Å². The van der Waals surface area contributed by atoms with E-state index in [2.05, 4.69) is 17.0 Å². The van der Waals surface area contributed by atoms with Gasteiger partial charge in [-0.1, -0.05) is 0 Å². The molecule has 0 fully saturated rings. The SMILES string of the molecule is NC(=S)OCC(=O)CCl. The zero-order chi connectivity index (χ0) is 7.28. The smallest absolute Gasteiger partial charge is 0.254 e. The van der Waals surface area contributed by atoms with Gasteiger partial charge in [0.25, 0.3) is 5.17 Å². The van der Waals surface area contributed by atoms with Crippen molar-refractivity contribution in [1.82, 2.24) is 0 Å². The standard InChI is InChI=1S/C4H6ClNO2S/c5-1-3(7)2-8-4(6)9/h1-2H2,(H2,6,9). The van der Waals surface area contributed by atoms with Gasteiger partial charge in [-0.05, 0) is 12.2 Å². The number of hydrogen-bond donors (Lipinski definition) is 1. The first-order chi connectivity index (χ1) is 4.16. The Balaban J connectivity index is 3.28. The lowest BCUT2D eigenvalue weighted by Gasteiger charge is -1.97. The number of Topliss-reactive ketones (excluding diaryl/α,β-unsaturated/α-hetero) is 1. The number of hydrogen-bond acceptors (Lipinski definition) is 3. The van der Waals surface area contributed by atoms with Gasteiger partial charge >= 0.3 is 0 Å². The topological polar surface area (TPSA) is 52.3 Å². The van der Waals surface area contributed by atoms with Crippen molar-refractivity contribution in [2.45, 2.75) is 0 Å². The van der Waals surface area contributed by atoms with Crippen LogP contribution in [0.1, 0.15) is 0 Å². The fourth-order valence-electron chi connectivity index (χ4n) is 0.190. The second-order valence-corrected chi connectivity index (χ2v) is 1.95. The number of carbonyl (C=O) groups excluding carboxylic acids is 1. The monoisotopic (exact) mass is 167 g/mol. The highest BCUT2D eigenvalue weighted by molar-refractivity contribution is 7.80. The van der Waals surface area contributed by atoms with Crippen LogP contribution in [0.3, 0.4) is 0 Å². The number of ether oxygens (including phenoxy) is 1. The van der Waals surface area contributed by atoms with Crippen LogP contribution < -0.4 is 5.73 Å². The summed E-state index contributed by atoms with van der Waals surface area (Å²) in [4.78, 5) is 10.3. The number of thiocarbonyl (C=S) groups is 1. The van der Waals surface area contributed by atoms with Crippen LogP contribution in [0.25, 0.3) is 0 Å². The summed E-state index contributed by atoms with van der Waals surface area (Å²) < 4.78 is 4.47. The van der Waals surface area contributed by atoms with Crippen LogP contribution in [-0.4, -0.2) is 23.4 Å². The van der Waals surface area contributed by atoms with Crippen LogP contribution in [0.5, 0.6) is 0 Å². The third-order valence-corrected chi connectivity index (χ3v) is 0.940. The first-order valence-electron chi connectivity index (χ1n) is 2.16. The molecule has 0 aliphatic carbocycles. The van der Waals surface area contributed by atoms with Crippen LogP contribution in [0.2, 0.25) is 0 Å².